The summed E-state index contributed by atoms with van der Waals surface area (Å²) in [6.45, 7) is 0. The summed E-state index contributed by atoms with van der Waals surface area (Å²) in [4.78, 5) is 0.999. The van der Waals surface area contributed by atoms with Crippen LogP contribution in [0.2, 0.25) is 9.36 Å². The van der Waals surface area contributed by atoms with Crippen LogP contribution < -0.4 is 5.32 Å². The van der Waals surface area contributed by atoms with Gasteiger partial charge in [0.25, 0.3) is 0 Å². The molecule has 1 aromatic carbocycles. The minimum atomic E-state index is -0.623. The number of hydrogen-bond donors (Lipinski definition) is 1. The number of likely N-dealkylation sites (N-methyl/N-ethyl adjacent to an activating group) is 1. The van der Waals surface area contributed by atoms with E-state index in [-0.39, 0.29) is 16.6 Å². The van der Waals surface area contributed by atoms with Crippen molar-refractivity contribution in [3.63, 3.8) is 0 Å². The van der Waals surface area contributed by atoms with Crippen molar-refractivity contribution < 1.29 is 8.78 Å². The Labute approximate surface area is 124 Å². The first-order valence-electron chi connectivity index (χ1n) is 5.57. The van der Waals surface area contributed by atoms with Crippen molar-refractivity contribution in [3.8, 4) is 0 Å². The Morgan fingerprint density at radius 3 is 2.53 bits per heavy atom. The van der Waals surface area contributed by atoms with Crippen LogP contribution in [0.3, 0.4) is 0 Å². The molecule has 1 atom stereocenters. The summed E-state index contributed by atoms with van der Waals surface area (Å²) in [6.07, 6.45) is 0.534. The Hall–Kier alpha value is -0.680. The van der Waals surface area contributed by atoms with E-state index in [2.05, 4.69) is 5.32 Å². The average Bonchev–Trinajstić information content (AvgIpc) is 2.77. The fourth-order valence-electron chi connectivity index (χ4n) is 1.84. The lowest BCUT2D eigenvalue weighted by atomic mass is 10.0. The summed E-state index contributed by atoms with van der Waals surface area (Å²) in [7, 11) is 1.70. The van der Waals surface area contributed by atoms with Gasteiger partial charge in [-0.1, -0.05) is 23.2 Å². The third kappa shape index (κ3) is 3.45. The van der Waals surface area contributed by atoms with Crippen molar-refractivity contribution in [1.82, 2.24) is 5.32 Å². The molecule has 0 aliphatic heterocycles. The molecule has 0 spiro atoms. The maximum atomic E-state index is 13.9. The van der Waals surface area contributed by atoms with Crippen LogP contribution in [-0.4, -0.2) is 7.05 Å². The maximum Gasteiger partial charge on any atom is 0.142 e. The van der Waals surface area contributed by atoms with Gasteiger partial charge in [-0.25, -0.2) is 8.78 Å². The second kappa shape index (κ2) is 6.18. The molecule has 0 aliphatic rings. The first-order chi connectivity index (χ1) is 9.01. The molecule has 1 heterocycles. The third-order valence-electron chi connectivity index (χ3n) is 2.80. The van der Waals surface area contributed by atoms with Crippen LogP contribution in [0, 0.1) is 11.6 Å². The lowest BCUT2D eigenvalue weighted by molar-refractivity contribution is 0.525. The summed E-state index contributed by atoms with van der Waals surface area (Å²) >= 11 is 12.8. The lowest BCUT2D eigenvalue weighted by Crippen LogP contribution is -2.20. The zero-order chi connectivity index (χ0) is 14.0. The minimum absolute atomic E-state index is 0.213. The predicted molar refractivity (Wildman–Crippen MR) is 76.2 cm³/mol. The van der Waals surface area contributed by atoms with E-state index in [0.717, 1.165) is 17.0 Å². The average molecular weight is 322 g/mol. The van der Waals surface area contributed by atoms with E-state index in [1.54, 1.807) is 13.1 Å². The van der Waals surface area contributed by atoms with Crippen molar-refractivity contribution in [1.29, 1.82) is 0 Å². The Morgan fingerprint density at radius 2 is 1.95 bits per heavy atom. The molecular weight excluding hydrogens is 311 g/mol. The van der Waals surface area contributed by atoms with Gasteiger partial charge in [0.15, 0.2) is 0 Å². The highest BCUT2D eigenvalue weighted by Gasteiger charge is 2.18. The normalized spacial score (nSPS) is 12.7. The van der Waals surface area contributed by atoms with E-state index in [0.29, 0.717) is 10.8 Å². The molecule has 1 N–H and O–H groups in total. The summed E-state index contributed by atoms with van der Waals surface area (Å²) in [5.41, 5.74) is 0.258. The molecule has 19 heavy (non-hydrogen) atoms. The standard InChI is InChI=1S/C13H11Cl2F2NS/c1-18-12(4-7-2-3-13(15)19-7)8-5-11(17)9(14)6-10(8)16/h2-3,5-6,12,18H,4H2,1H3. The number of thiophene rings is 1. The Morgan fingerprint density at radius 1 is 1.21 bits per heavy atom. The molecule has 102 valence electrons. The van der Waals surface area contributed by atoms with Crippen LogP contribution in [0.15, 0.2) is 24.3 Å². The minimum Gasteiger partial charge on any atom is -0.313 e. The van der Waals surface area contributed by atoms with Gasteiger partial charge in [-0.05, 0) is 31.3 Å². The third-order valence-corrected chi connectivity index (χ3v) is 4.34. The molecule has 0 amide bonds. The van der Waals surface area contributed by atoms with Gasteiger partial charge in [0.1, 0.15) is 11.6 Å². The zero-order valence-corrected chi connectivity index (χ0v) is 12.3. The largest absolute Gasteiger partial charge is 0.313 e. The monoisotopic (exact) mass is 321 g/mol. The van der Waals surface area contributed by atoms with E-state index < -0.39 is 11.6 Å². The molecule has 0 aliphatic carbocycles. The molecule has 6 heteroatoms. The van der Waals surface area contributed by atoms with Gasteiger partial charge in [-0.15, -0.1) is 11.3 Å². The number of rotatable bonds is 4. The molecule has 0 fully saturated rings. The topological polar surface area (TPSA) is 12.0 Å². The predicted octanol–water partition coefficient (Wildman–Crippen LogP) is 4.84. The van der Waals surface area contributed by atoms with E-state index >= 15 is 0 Å². The van der Waals surface area contributed by atoms with Gasteiger partial charge in [0.05, 0.1) is 9.36 Å². The molecular formula is C13H11Cl2F2NS. The number of nitrogens with one attached hydrogen (secondary N) is 1. The molecule has 1 nitrogen and oxygen atoms in total. The Bertz CT molecular complexity index is 586. The lowest BCUT2D eigenvalue weighted by Gasteiger charge is -2.17. The first-order valence-corrected chi connectivity index (χ1v) is 7.14. The molecule has 0 saturated carbocycles. The van der Waals surface area contributed by atoms with Gasteiger partial charge >= 0.3 is 0 Å². The van der Waals surface area contributed by atoms with Crippen molar-refractivity contribution in [2.75, 3.05) is 7.05 Å². The van der Waals surface area contributed by atoms with Crippen molar-refractivity contribution in [2.45, 2.75) is 12.5 Å². The first kappa shape index (κ1) is 14.7. The molecule has 0 saturated heterocycles. The van der Waals surface area contributed by atoms with Crippen LogP contribution in [-0.2, 0) is 6.42 Å². The second-order valence-electron chi connectivity index (χ2n) is 4.04. The number of halogens is 4. The van der Waals surface area contributed by atoms with Gasteiger partial charge < -0.3 is 5.32 Å². The smallest absolute Gasteiger partial charge is 0.142 e. The van der Waals surface area contributed by atoms with Crippen LogP contribution in [0.25, 0.3) is 0 Å². The van der Waals surface area contributed by atoms with Gasteiger partial charge in [-0.2, -0.15) is 0 Å². The molecule has 0 bridgehead atoms. The molecule has 0 radical (unpaired) electrons. The second-order valence-corrected chi connectivity index (χ2v) is 6.25. The quantitative estimate of drug-likeness (QED) is 0.795. The maximum absolute atomic E-state index is 13.9. The van der Waals surface area contributed by atoms with Crippen LogP contribution in [0.4, 0.5) is 8.78 Å². The molecule has 1 unspecified atom stereocenters. The van der Waals surface area contributed by atoms with E-state index in [4.69, 9.17) is 23.2 Å². The summed E-state index contributed by atoms with van der Waals surface area (Å²) in [5.74, 6) is -1.14. The molecule has 2 rings (SSSR count). The van der Waals surface area contributed by atoms with Crippen LogP contribution in [0.5, 0.6) is 0 Å². The molecule has 2 aromatic rings. The molecule has 1 aromatic heterocycles. The summed E-state index contributed by atoms with van der Waals surface area (Å²) in [6, 6.07) is 5.46. The van der Waals surface area contributed by atoms with Crippen molar-refractivity contribution in [3.05, 3.63) is 55.7 Å². The summed E-state index contributed by atoms with van der Waals surface area (Å²) in [5, 5.41) is 2.76. The highest BCUT2D eigenvalue weighted by molar-refractivity contribution is 7.16. The van der Waals surface area contributed by atoms with Crippen LogP contribution in [0.1, 0.15) is 16.5 Å². The van der Waals surface area contributed by atoms with Gasteiger partial charge in [-0.3, -0.25) is 0 Å². The number of hydrogen-bond acceptors (Lipinski definition) is 2. The summed E-state index contributed by atoms with van der Waals surface area (Å²) < 4.78 is 28.0. The van der Waals surface area contributed by atoms with E-state index in [1.165, 1.54) is 11.3 Å². The fraction of sp³-hybridized carbons (Fsp3) is 0.231. The Balaban J connectivity index is 2.29. The highest BCUT2D eigenvalue weighted by Crippen LogP contribution is 2.29. The SMILES string of the molecule is CNC(Cc1ccc(Cl)s1)c1cc(F)c(Cl)cc1F. The van der Waals surface area contributed by atoms with E-state index in [9.17, 15) is 8.78 Å². The van der Waals surface area contributed by atoms with Crippen molar-refractivity contribution in [2.24, 2.45) is 0 Å². The van der Waals surface area contributed by atoms with Gasteiger partial charge in [0.2, 0.25) is 0 Å². The number of benzene rings is 1. The van der Waals surface area contributed by atoms with E-state index in [1.807, 2.05) is 6.07 Å². The van der Waals surface area contributed by atoms with Gasteiger partial charge in [0, 0.05) is 22.9 Å². The Kier molecular flexibility index (Phi) is 4.79. The van der Waals surface area contributed by atoms with Crippen LogP contribution >= 0.6 is 34.5 Å². The van der Waals surface area contributed by atoms with Crippen molar-refractivity contribution >= 4 is 34.5 Å². The zero-order valence-electron chi connectivity index (χ0n) is 10.0. The highest BCUT2D eigenvalue weighted by atomic mass is 35.5. The fourth-order valence-corrected chi connectivity index (χ4v) is 3.12.